The highest BCUT2D eigenvalue weighted by atomic mass is 32.2. The Balaban J connectivity index is 3.01. The maximum atomic E-state index is 14.9. The van der Waals surface area contributed by atoms with E-state index in [1.807, 2.05) is 27.7 Å². The molecule has 1 aromatic heterocycles. The number of carbonyl (C=O) groups excluding carboxylic acids is 1. The van der Waals surface area contributed by atoms with E-state index in [9.17, 15) is 17.6 Å². The van der Waals surface area contributed by atoms with Gasteiger partial charge in [-0.2, -0.15) is 8.42 Å². The number of ether oxygens (including phenoxy) is 1. The van der Waals surface area contributed by atoms with Crippen molar-refractivity contribution in [2.45, 2.75) is 53.1 Å². The van der Waals surface area contributed by atoms with Crippen LogP contribution < -0.4 is 0 Å². The van der Waals surface area contributed by atoms with E-state index in [4.69, 9.17) is 13.9 Å². The van der Waals surface area contributed by atoms with Crippen LogP contribution in [0.1, 0.15) is 73.8 Å². The summed E-state index contributed by atoms with van der Waals surface area (Å²) in [6.45, 7) is 9.00. The lowest BCUT2D eigenvalue weighted by molar-refractivity contribution is 0.0524. The maximum Gasteiger partial charge on any atom is 0.340 e. The van der Waals surface area contributed by atoms with E-state index in [1.165, 1.54) is 6.07 Å². The third-order valence-corrected chi connectivity index (χ3v) is 5.04. The summed E-state index contributed by atoms with van der Waals surface area (Å²) < 4.78 is 48.6. The predicted molar refractivity (Wildman–Crippen MR) is 113 cm³/mol. The molecule has 0 saturated heterocycles. The molecule has 0 saturated carbocycles. The normalized spacial score (nSPS) is 11.9. The number of esters is 1. The van der Waals surface area contributed by atoms with Gasteiger partial charge < -0.3 is 4.74 Å². The van der Waals surface area contributed by atoms with E-state index in [1.54, 1.807) is 25.1 Å². The number of carbonyl (C=O) groups is 1. The molecule has 1 heterocycles. The fourth-order valence-corrected chi connectivity index (χ4v) is 3.57. The van der Waals surface area contributed by atoms with E-state index in [0.29, 0.717) is 17.0 Å². The molecule has 0 atom stereocenters. The number of pyridine rings is 1. The van der Waals surface area contributed by atoms with Gasteiger partial charge in [0.1, 0.15) is 5.82 Å². The maximum absolute atomic E-state index is 14.9. The van der Waals surface area contributed by atoms with E-state index in [0.717, 1.165) is 6.26 Å². The summed E-state index contributed by atoms with van der Waals surface area (Å²) >= 11 is 0. The monoisotopic (exact) mass is 437 g/mol. The minimum atomic E-state index is -3.78. The van der Waals surface area contributed by atoms with Gasteiger partial charge in [0.05, 0.1) is 30.7 Å². The smallest absolute Gasteiger partial charge is 0.340 e. The van der Waals surface area contributed by atoms with Crippen LogP contribution in [0.15, 0.2) is 24.3 Å². The third kappa shape index (κ3) is 5.43. The van der Waals surface area contributed by atoms with Crippen LogP contribution >= 0.6 is 0 Å². The van der Waals surface area contributed by atoms with Crippen molar-refractivity contribution < 1.29 is 26.5 Å². The number of hydrogen-bond donors (Lipinski definition) is 0. The summed E-state index contributed by atoms with van der Waals surface area (Å²) in [6.07, 6.45) is 0.937. The van der Waals surface area contributed by atoms with Crippen molar-refractivity contribution in [3.8, 4) is 11.1 Å². The first-order valence-electron chi connectivity index (χ1n) is 9.80. The Morgan fingerprint density at radius 2 is 1.70 bits per heavy atom. The zero-order chi connectivity index (χ0) is 22.6. The zero-order valence-corrected chi connectivity index (χ0v) is 19.0. The van der Waals surface area contributed by atoms with Crippen molar-refractivity contribution in [2.24, 2.45) is 0 Å². The fourth-order valence-electron chi connectivity index (χ4n) is 3.24. The van der Waals surface area contributed by atoms with Crippen molar-refractivity contribution in [1.29, 1.82) is 0 Å². The highest BCUT2D eigenvalue weighted by molar-refractivity contribution is 7.85. The van der Waals surface area contributed by atoms with Crippen LogP contribution in [0.25, 0.3) is 11.1 Å². The molecule has 164 valence electrons. The van der Waals surface area contributed by atoms with Gasteiger partial charge in [0, 0.05) is 22.4 Å². The van der Waals surface area contributed by atoms with Crippen molar-refractivity contribution in [3.63, 3.8) is 0 Å². The molecule has 0 aliphatic heterocycles. The average molecular weight is 438 g/mol. The predicted octanol–water partition coefficient (Wildman–Crippen LogP) is 4.79. The topological polar surface area (TPSA) is 82.6 Å². The van der Waals surface area contributed by atoms with Crippen molar-refractivity contribution in [2.75, 3.05) is 12.9 Å². The van der Waals surface area contributed by atoms with Gasteiger partial charge >= 0.3 is 5.97 Å². The zero-order valence-electron chi connectivity index (χ0n) is 18.2. The summed E-state index contributed by atoms with van der Waals surface area (Å²) in [5, 5.41) is 0. The van der Waals surface area contributed by atoms with Crippen LogP contribution in [-0.4, -0.2) is 32.2 Å². The number of rotatable bonds is 8. The molecule has 6 nitrogen and oxygen atoms in total. The van der Waals surface area contributed by atoms with Crippen LogP contribution in [0.4, 0.5) is 4.39 Å². The molecule has 0 amide bonds. The number of hydrogen-bond acceptors (Lipinski definition) is 6. The Hall–Kier alpha value is -2.32. The van der Waals surface area contributed by atoms with Gasteiger partial charge in [-0.05, 0) is 24.8 Å². The van der Waals surface area contributed by atoms with E-state index < -0.39 is 21.9 Å². The lowest BCUT2D eigenvalue weighted by atomic mass is 9.87. The van der Waals surface area contributed by atoms with Crippen LogP contribution in [0, 0.1) is 5.82 Å². The Kier molecular flexibility index (Phi) is 7.71. The first-order valence-corrected chi connectivity index (χ1v) is 11.6. The first kappa shape index (κ1) is 24.0. The van der Waals surface area contributed by atoms with Gasteiger partial charge in [0.2, 0.25) is 0 Å². The second kappa shape index (κ2) is 9.66. The van der Waals surface area contributed by atoms with E-state index in [2.05, 4.69) is 0 Å². The Bertz CT molecular complexity index is 1030. The number of nitrogens with zero attached hydrogens (tertiary/aromatic N) is 1. The lowest BCUT2D eigenvalue weighted by Gasteiger charge is -2.24. The average Bonchev–Trinajstić information content (AvgIpc) is 2.64. The molecular weight excluding hydrogens is 409 g/mol. The highest BCUT2D eigenvalue weighted by Gasteiger charge is 2.30. The van der Waals surface area contributed by atoms with E-state index >= 15 is 0 Å². The fraction of sp³-hybridized carbons (Fsp3) is 0.455. The van der Waals surface area contributed by atoms with Crippen molar-refractivity contribution in [1.82, 2.24) is 4.98 Å². The lowest BCUT2D eigenvalue weighted by Crippen LogP contribution is -2.19. The molecule has 8 heteroatoms. The summed E-state index contributed by atoms with van der Waals surface area (Å²) in [4.78, 5) is 17.7. The Labute approximate surface area is 177 Å². The van der Waals surface area contributed by atoms with Crippen LogP contribution in [-0.2, 0) is 25.6 Å². The van der Waals surface area contributed by atoms with Crippen LogP contribution in [0.3, 0.4) is 0 Å². The molecule has 0 radical (unpaired) electrons. The van der Waals surface area contributed by atoms with Gasteiger partial charge in [0.25, 0.3) is 10.1 Å². The molecule has 0 N–H and O–H groups in total. The van der Waals surface area contributed by atoms with Crippen molar-refractivity contribution in [3.05, 3.63) is 52.6 Å². The summed E-state index contributed by atoms with van der Waals surface area (Å²) in [7, 11) is -3.78. The molecular formula is C22H28FNO5S. The minimum absolute atomic E-state index is 0.123. The van der Waals surface area contributed by atoms with Gasteiger partial charge in [-0.1, -0.05) is 45.9 Å². The molecule has 0 bridgehead atoms. The van der Waals surface area contributed by atoms with Gasteiger partial charge in [-0.25, -0.2) is 9.18 Å². The molecule has 0 spiro atoms. The highest BCUT2D eigenvalue weighted by Crippen LogP contribution is 2.38. The molecule has 0 aliphatic carbocycles. The standard InChI is InChI=1S/C22H28FNO5S/c1-7-28-22(25)19-18(15-10-8-9-11-17(15)23)16(12-29-30(6,26)27)20(13(2)3)24-21(19)14(4)5/h8-11,13-14H,7,12H2,1-6H3. The molecule has 1 aromatic carbocycles. The van der Waals surface area contributed by atoms with Crippen LogP contribution in [0.2, 0.25) is 0 Å². The summed E-state index contributed by atoms with van der Waals surface area (Å²) in [6, 6.07) is 6.03. The largest absolute Gasteiger partial charge is 0.462 e. The summed E-state index contributed by atoms with van der Waals surface area (Å²) in [5.41, 5.74) is 1.94. The third-order valence-electron chi connectivity index (χ3n) is 4.49. The van der Waals surface area contributed by atoms with Gasteiger partial charge in [-0.3, -0.25) is 9.17 Å². The Morgan fingerprint density at radius 1 is 1.10 bits per heavy atom. The summed E-state index contributed by atoms with van der Waals surface area (Å²) in [5.74, 6) is -1.46. The molecule has 2 rings (SSSR count). The number of benzene rings is 1. The molecule has 2 aromatic rings. The molecule has 30 heavy (non-hydrogen) atoms. The quantitative estimate of drug-likeness (QED) is 0.436. The van der Waals surface area contributed by atoms with Gasteiger partial charge in [0.15, 0.2) is 0 Å². The second-order valence-corrected chi connectivity index (χ2v) is 9.23. The molecule has 0 fully saturated rings. The molecule has 0 aliphatic rings. The minimum Gasteiger partial charge on any atom is -0.462 e. The second-order valence-electron chi connectivity index (χ2n) is 7.59. The van der Waals surface area contributed by atoms with Crippen molar-refractivity contribution >= 4 is 16.1 Å². The first-order chi connectivity index (χ1) is 14.0. The van der Waals surface area contributed by atoms with Crippen LogP contribution in [0.5, 0.6) is 0 Å². The molecule has 0 unspecified atom stereocenters. The number of halogens is 1. The van der Waals surface area contributed by atoms with Gasteiger partial charge in [-0.15, -0.1) is 0 Å². The SMILES string of the molecule is CCOC(=O)c1c(C(C)C)nc(C(C)C)c(COS(C)(=O)=O)c1-c1ccccc1F. The number of aromatic nitrogens is 1. The Morgan fingerprint density at radius 3 is 2.20 bits per heavy atom. The van der Waals surface area contributed by atoms with E-state index in [-0.39, 0.29) is 41.7 Å².